The van der Waals surface area contributed by atoms with Gasteiger partial charge in [0.15, 0.2) is 0 Å². The summed E-state index contributed by atoms with van der Waals surface area (Å²) < 4.78 is 18.6. The van der Waals surface area contributed by atoms with Crippen LogP contribution in [0.4, 0.5) is 4.39 Å². The summed E-state index contributed by atoms with van der Waals surface area (Å²) in [5.74, 6) is -1.12. The zero-order chi connectivity index (χ0) is 16.5. The van der Waals surface area contributed by atoms with E-state index < -0.39 is 5.91 Å². The number of nitrogens with zero attached hydrogens (tertiary/aromatic N) is 1. The first-order valence-corrected chi connectivity index (χ1v) is 7.72. The summed E-state index contributed by atoms with van der Waals surface area (Å²) in [6.45, 7) is 4.47. The van der Waals surface area contributed by atoms with E-state index in [0.29, 0.717) is 25.3 Å². The quantitative estimate of drug-likeness (QED) is 0.707. The monoisotopic (exact) mass is 323 g/mol. The lowest BCUT2D eigenvalue weighted by Crippen LogP contribution is -2.42. The average Bonchev–Trinajstić information content (AvgIpc) is 2.55. The van der Waals surface area contributed by atoms with Crippen LogP contribution in [0.25, 0.3) is 0 Å². The molecule has 126 valence electrons. The molecule has 0 radical (unpaired) electrons. The van der Waals surface area contributed by atoms with E-state index in [0.717, 1.165) is 19.6 Å². The lowest BCUT2D eigenvalue weighted by molar-refractivity contribution is -0.129. The van der Waals surface area contributed by atoms with Gasteiger partial charge >= 0.3 is 0 Å². The van der Waals surface area contributed by atoms with Crippen LogP contribution >= 0.6 is 0 Å². The fraction of sp³-hybridized carbons (Fsp3) is 0.500. The third-order valence-electron chi connectivity index (χ3n) is 3.61. The molecule has 2 rings (SSSR count). The topological polar surface area (TPSA) is 70.7 Å². The molecule has 1 fully saturated rings. The molecule has 1 heterocycles. The highest BCUT2D eigenvalue weighted by molar-refractivity contribution is 5.96. The maximum atomic E-state index is 13.4. The van der Waals surface area contributed by atoms with Crippen molar-refractivity contribution in [2.75, 3.05) is 39.4 Å². The maximum absolute atomic E-state index is 13.4. The van der Waals surface area contributed by atoms with E-state index >= 15 is 0 Å². The summed E-state index contributed by atoms with van der Waals surface area (Å²) in [6, 6.07) is 6.21. The lowest BCUT2D eigenvalue weighted by atomic mass is 10.2. The van der Waals surface area contributed by atoms with Gasteiger partial charge in [-0.2, -0.15) is 0 Å². The molecule has 1 aromatic rings. The molecule has 1 saturated heterocycles. The minimum absolute atomic E-state index is 0.0760. The second kappa shape index (κ2) is 9.22. The Balaban J connectivity index is 1.60. The molecule has 0 atom stereocenters. The number of hydrogen-bond donors (Lipinski definition) is 2. The Kier molecular flexibility index (Phi) is 6.96. The first-order chi connectivity index (χ1) is 11.1. The van der Waals surface area contributed by atoms with Crippen molar-refractivity contribution in [2.45, 2.75) is 13.0 Å². The van der Waals surface area contributed by atoms with E-state index in [9.17, 15) is 14.0 Å². The molecule has 0 saturated carbocycles. The van der Waals surface area contributed by atoms with Gasteiger partial charge in [-0.25, -0.2) is 4.39 Å². The van der Waals surface area contributed by atoms with Crippen LogP contribution in [0.5, 0.6) is 0 Å². The number of nitrogens with one attached hydrogen (secondary N) is 2. The van der Waals surface area contributed by atoms with Crippen LogP contribution in [-0.2, 0) is 20.9 Å². The number of amides is 2. The summed E-state index contributed by atoms with van der Waals surface area (Å²) in [7, 11) is 0. The van der Waals surface area contributed by atoms with Gasteiger partial charge in [-0.05, 0) is 6.07 Å². The van der Waals surface area contributed by atoms with Crippen molar-refractivity contribution in [3.05, 3.63) is 35.6 Å². The van der Waals surface area contributed by atoms with E-state index in [2.05, 4.69) is 15.5 Å². The van der Waals surface area contributed by atoms with Crippen LogP contribution in [0.1, 0.15) is 12.0 Å². The van der Waals surface area contributed by atoms with Crippen LogP contribution in [0.2, 0.25) is 0 Å². The van der Waals surface area contributed by atoms with Crippen LogP contribution in [0, 0.1) is 5.82 Å². The number of carbonyl (C=O) groups excluding carboxylic acids is 2. The van der Waals surface area contributed by atoms with Gasteiger partial charge in [0.2, 0.25) is 11.8 Å². The van der Waals surface area contributed by atoms with E-state index in [-0.39, 0.29) is 24.7 Å². The van der Waals surface area contributed by atoms with E-state index in [1.54, 1.807) is 18.2 Å². The van der Waals surface area contributed by atoms with Gasteiger partial charge in [-0.1, -0.05) is 18.2 Å². The summed E-state index contributed by atoms with van der Waals surface area (Å²) in [5.41, 5.74) is 0.397. The third-order valence-corrected chi connectivity index (χ3v) is 3.61. The van der Waals surface area contributed by atoms with Gasteiger partial charge < -0.3 is 15.4 Å². The Morgan fingerprint density at radius 2 is 1.83 bits per heavy atom. The summed E-state index contributed by atoms with van der Waals surface area (Å²) >= 11 is 0. The molecule has 6 nitrogen and oxygen atoms in total. The van der Waals surface area contributed by atoms with Crippen LogP contribution < -0.4 is 10.6 Å². The zero-order valence-electron chi connectivity index (χ0n) is 13.0. The van der Waals surface area contributed by atoms with Crippen molar-refractivity contribution in [3.63, 3.8) is 0 Å². The van der Waals surface area contributed by atoms with Gasteiger partial charge in [-0.3, -0.25) is 14.5 Å². The molecule has 2 N–H and O–H groups in total. The summed E-state index contributed by atoms with van der Waals surface area (Å²) in [6.07, 6.45) is -0.252. The number of rotatable bonds is 7. The Hall–Kier alpha value is -1.99. The number of carbonyl (C=O) groups is 2. The van der Waals surface area contributed by atoms with Gasteiger partial charge in [0.05, 0.1) is 13.2 Å². The molecule has 1 aromatic carbocycles. The molecule has 0 aliphatic carbocycles. The Morgan fingerprint density at radius 3 is 2.57 bits per heavy atom. The number of morpholine rings is 1. The SMILES string of the molecule is O=C(CC(=O)NCc1ccccc1F)NCCN1CCOCC1. The predicted molar refractivity (Wildman–Crippen MR) is 83.1 cm³/mol. The van der Waals surface area contributed by atoms with Gasteiger partial charge in [-0.15, -0.1) is 0 Å². The molecule has 2 amide bonds. The molecule has 23 heavy (non-hydrogen) atoms. The van der Waals surface area contributed by atoms with Crippen LogP contribution in [0.15, 0.2) is 24.3 Å². The number of halogens is 1. The molecular weight excluding hydrogens is 301 g/mol. The molecular formula is C16H22FN3O3. The molecule has 0 spiro atoms. The average molecular weight is 323 g/mol. The summed E-state index contributed by atoms with van der Waals surface area (Å²) in [4.78, 5) is 25.6. The molecule has 1 aliphatic rings. The van der Waals surface area contributed by atoms with E-state index in [1.807, 2.05) is 0 Å². The Labute approximate surface area is 135 Å². The second-order valence-electron chi connectivity index (χ2n) is 5.35. The van der Waals surface area contributed by atoms with E-state index in [1.165, 1.54) is 6.07 Å². The minimum atomic E-state index is -0.419. The van der Waals surface area contributed by atoms with Crippen molar-refractivity contribution < 1.29 is 18.7 Å². The van der Waals surface area contributed by atoms with Crippen molar-refractivity contribution in [3.8, 4) is 0 Å². The highest BCUT2D eigenvalue weighted by atomic mass is 19.1. The summed E-state index contributed by atoms with van der Waals surface area (Å²) in [5, 5.41) is 5.26. The minimum Gasteiger partial charge on any atom is -0.379 e. The highest BCUT2D eigenvalue weighted by Gasteiger charge is 2.12. The van der Waals surface area contributed by atoms with E-state index in [4.69, 9.17) is 4.74 Å². The fourth-order valence-electron chi connectivity index (χ4n) is 2.28. The van der Waals surface area contributed by atoms with Crippen molar-refractivity contribution in [1.82, 2.24) is 15.5 Å². The number of benzene rings is 1. The molecule has 7 heteroatoms. The van der Waals surface area contributed by atoms with Crippen molar-refractivity contribution in [2.24, 2.45) is 0 Å². The highest BCUT2D eigenvalue weighted by Crippen LogP contribution is 2.05. The molecule has 0 unspecified atom stereocenters. The largest absolute Gasteiger partial charge is 0.379 e. The first-order valence-electron chi connectivity index (χ1n) is 7.72. The van der Waals surface area contributed by atoms with Crippen LogP contribution in [-0.4, -0.2) is 56.1 Å². The molecule has 0 bridgehead atoms. The van der Waals surface area contributed by atoms with Crippen LogP contribution in [0.3, 0.4) is 0 Å². The standard InChI is InChI=1S/C16H22FN3O3/c17-14-4-2-1-3-13(14)12-19-16(22)11-15(21)18-5-6-20-7-9-23-10-8-20/h1-4H,5-12H2,(H,18,21)(H,19,22). The first kappa shape index (κ1) is 17.4. The normalized spacial score (nSPS) is 15.2. The number of ether oxygens (including phenoxy) is 1. The van der Waals surface area contributed by atoms with Crippen molar-refractivity contribution in [1.29, 1.82) is 0 Å². The zero-order valence-corrected chi connectivity index (χ0v) is 13.0. The third kappa shape index (κ3) is 6.33. The second-order valence-corrected chi connectivity index (χ2v) is 5.35. The fourth-order valence-corrected chi connectivity index (χ4v) is 2.28. The Bertz CT molecular complexity index is 533. The smallest absolute Gasteiger partial charge is 0.229 e. The molecule has 1 aliphatic heterocycles. The Morgan fingerprint density at radius 1 is 1.13 bits per heavy atom. The molecule has 0 aromatic heterocycles. The van der Waals surface area contributed by atoms with Gasteiger partial charge in [0.25, 0.3) is 0 Å². The van der Waals surface area contributed by atoms with Gasteiger partial charge in [0, 0.05) is 38.3 Å². The maximum Gasteiger partial charge on any atom is 0.229 e. The van der Waals surface area contributed by atoms with Crippen molar-refractivity contribution >= 4 is 11.8 Å². The number of hydrogen-bond acceptors (Lipinski definition) is 4. The predicted octanol–water partition coefficient (Wildman–Crippen LogP) is 0.280. The lowest BCUT2D eigenvalue weighted by Gasteiger charge is -2.26. The van der Waals surface area contributed by atoms with Gasteiger partial charge in [0.1, 0.15) is 12.2 Å².